The molecule has 0 aromatic carbocycles. The van der Waals surface area contributed by atoms with Crippen molar-refractivity contribution in [3.05, 3.63) is 22.2 Å². The van der Waals surface area contributed by atoms with Crippen molar-refractivity contribution in [1.29, 1.82) is 0 Å². The van der Waals surface area contributed by atoms with Crippen molar-refractivity contribution in [3.63, 3.8) is 0 Å². The summed E-state index contributed by atoms with van der Waals surface area (Å²) in [7, 11) is 1.55. The number of anilines is 1. The van der Waals surface area contributed by atoms with Crippen LogP contribution in [0.1, 0.15) is 18.2 Å². The van der Waals surface area contributed by atoms with Crippen LogP contribution in [0, 0.1) is 0 Å². The fourth-order valence-electron chi connectivity index (χ4n) is 1.87. The molecular formula is C9H12N4O2. The third kappa shape index (κ3) is 1.38. The van der Waals surface area contributed by atoms with E-state index in [9.17, 15) is 9.59 Å². The van der Waals surface area contributed by atoms with Gasteiger partial charge in [0.05, 0.1) is 0 Å². The number of aryl methyl sites for hydroxylation is 1. The average Bonchev–Trinajstić information content (AvgIpc) is 2.67. The van der Waals surface area contributed by atoms with Crippen molar-refractivity contribution in [2.24, 2.45) is 0 Å². The van der Waals surface area contributed by atoms with Gasteiger partial charge < -0.3 is 11.1 Å². The highest BCUT2D eigenvalue weighted by atomic mass is 16.2. The monoisotopic (exact) mass is 208 g/mol. The van der Waals surface area contributed by atoms with Crippen molar-refractivity contribution in [2.45, 2.75) is 18.9 Å². The molecule has 1 aliphatic heterocycles. The van der Waals surface area contributed by atoms with E-state index in [1.54, 1.807) is 13.2 Å². The molecule has 2 rings (SSSR count). The van der Waals surface area contributed by atoms with Crippen LogP contribution in [0.25, 0.3) is 0 Å². The molecule has 1 amide bonds. The third-order valence-corrected chi connectivity index (χ3v) is 2.63. The van der Waals surface area contributed by atoms with E-state index in [2.05, 4.69) is 10.3 Å². The summed E-state index contributed by atoms with van der Waals surface area (Å²) >= 11 is 0. The van der Waals surface area contributed by atoms with Gasteiger partial charge in [0.1, 0.15) is 6.04 Å². The number of hydrogen-bond acceptors (Lipinski definition) is 4. The van der Waals surface area contributed by atoms with Crippen LogP contribution in [0.5, 0.6) is 0 Å². The predicted molar refractivity (Wildman–Crippen MR) is 54.3 cm³/mol. The lowest BCUT2D eigenvalue weighted by Gasteiger charge is -2.12. The van der Waals surface area contributed by atoms with Crippen LogP contribution in [0.3, 0.4) is 0 Å². The Hall–Kier alpha value is -1.85. The number of likely N-dealkylation sites (N-methyl/N-ethyl adjacent to an activating group) is 1. The molecule has 1 atom stereocenters. The van der Waals surface area contributed by atoms with Crippen LogP contribution in [-0.4, -0.2) is 22.5 Å². The zero-order chi connectivity index (χ0) is 11.0. The molecular weight excluding hydrogens is 196 g/mol. The Morgan fingerprint density at radius 1 is 1.73 bits per heavy atom. The van der Waals surface area contributed by atoms with Crippen LogP contribution < -0.4 is 16.6 Å². The first-order valence-electron chi connectivity index (χ1n) is 4.72. The Labute approximate surface area is 86.1 Å². The Morgan fingerprint density at radius 2 is 2.47 bits per heavy atom. The third-order valence-electron chi connectivity index (χ3n) is 2.63. The van der Waals surface area contributed by atoms with E-state index in [4.69, 9.17) is 5.73 Å². The standard InChI is InChI=1S/C9H12N4O2/c1-11-8(14)6-3-2-5-4-12-7(10)9(15)13(5)6/h4,6H,2-3H2,1H3,(H2,10,12)(H,11,14). The summed E-state index contributed by atoms with van der Waals surface area (Å²) in [4.78, 5) is 27.0. The van der Waals surface area contributed by atoms with Gasteiger partial charge in [-0.25, -0.2) is 4.98 Å². The van der Waals surface area contributed by atoms with Crippen molar-refractivity contribution in [2.75, 3.05) is 12.8 Å². The van der Waals surface area contributed by atoms with Crippen molar-refractivity contribution >= 4 is 11.7 Å². The number of fused-ring (bicyclic) bond motifs is 1. The van der Waals surface area contributed by atoms with Gasteiger partial charge in [0.15, 0.2) is 5.82 Å². The molecule has 3 N–H and O–H groups in total. The molecule has 15 heavy (non-hydrogen) atoms. The van der Waals surface area contributed by atoms with Gasteiger partial charge in [0.25, 0.3) is 5.56 Å². The van der Waals surface area contributed by atoms with Gasteiger partial charge in [-0.15, -0.1) is 0 Å². The highest BCUT2D eigenvalue weighted by molar-refractivity contribution is 5.80. The summed E-state index contributed by atoms with van der Waals surface area (Å²) in [6.07, 6.45) is 2.86. The molecule has 1 aliphatic rings. The molecule has 1 aromatic rings. The highest BCUT2D eigenvalue weighted by Gasteiger charge is 2.29. The number of carbonyl (C=O) groups excluding carboxylic acids is 1. The molecule has 0 spiro atoms. The molecule has 1 aromatic heterocycles. The number of hydrogen-bond donors (Lipinski definition) is 2. The summed E-state index contributed by atoms with van der Waals surface area (Å²) in [6, 6.07) is -0.442. The van der Waals surface area contributed by atoms with E-state index < -0.39 is 6.04 Å². The second-order valence-corrected chi connectivity index (χ2v) is 3.48. The van der Waals surface area contributed by atoms with Gasteiger partial charge in [-0.2, -0.15) is 0 Å². The number of nitrogens with two attached hydrogens (primary N) is 1. The second-order valence-electron chi connectivity index (χ2n) is 3.48. The maximum Gasteiger partial charge on any atom is 0.294 e. The molecule has 80 valence electrons. The number of amides is 1. The normalized spacial score (nSPS) is 18.6. The topological polar surface area (TPSA) is 90.0 Å². The van der Waals surface area contributed by atoms with E-state index in [-0.39, 0.29) is 17.3 Å². The van der Waals surface area contributed by atoms with Crippen LogP contribution in [0.15, 0.2) is 11.0 Å². The number of nitrogens with one attached hydrogen (secondary N) is 1. The molecule has 0 fully saturated rings. The molecule has 0 aliphatic carbocycles. The minimum atomic E-state index is -0.442. The lowest BCUT2D eigenvalue weighted by Crippen LogP contribution is -2.34. The van der Waals surface area contributed by atoms with Crippen molar-refractivity contribution in [3.8, 4) is 0 Å². The van der Waals surface area contributed by atoms with E-state index >= 15 is 0 Å². The smallest absolute Gasteiger partial charge is 0.294 e. The summed E-state index contributed by atoms with van der Waals surface area (Å²) in [5, 5.41) is 2.53. The largest absolute Gasteiger partial charge is 0.379 e. The molecule has 0 saturated heterocycles. The first kappa shape index (κ1) is 9.70. The minimum absolute atomic E-state index is 0.0606. The number of nitrogens with zero attached hydrogens (tertiary/aromatic N) is 2. The van der Waals surface area contributed by atoms with Gasteiger partial charge >= 0.3 is 0 Å². The Morgan fingerprint density at radius 3 is 3.13 bits per heavy atom. The van der Waals surface area contributed by atoms with E-state index in [1.165, 1.54) is 4.57 Å². The van der Waals surface area contributed by atoms with Gasteiger partial charge in [-0.1, -0.05) is 0 Å². The molecule has 0 radical (unpaired) electrons. The minimum Gasteiger partial charge on any atom is -0.379 e. The fourth-order valence-corrected chi connectivity index (χ4v) is 1.87. The highest BCUT2D eigenvalue weighted by Crippen LogP contribution is 2.23. The lowest BCUT2D eigenvalue weighted by molar-refractivity contribution is -0.123. The average molecular weight is 208 g/mol. The first-order valence-corrected chi connectivity index (χ1v) is 4.72. The Kier molecular flexibility index (Phi) is 2.18. The molecule has 6 heteroatoms. The quantitative estimate of drug-likeness (QED) is 0.623. The molecule has 6 nitrogen and oxygen atoms in total. The van der Waals surface area contributed by atoms with E-state index in [1.807, 2.05) is 0 Å². The summed E-state index contributed by atoms with van der Waals surface area (Å²) in [5.41, 5.74) is 5.81. The zero-order valence-corrected chi connectivity index (χ0v) is 8.36. The van der Waals surface area contributed by atoms with E-state index in [0.29, 0.717) is 12.8 Å². The van der Waals surface area contributed by atoms with Crippen LogP contribution in [0.4, 0.5) is 5.82 Å². The zero-order valence-electron chi connectivity index (χ0n) is 8.36. The summed E-state index contributed by atoms with van der Waals surface area (Å²) < 4.78 is 1.43. The summed E-state index contributed by atoms with van der Waals surface area (Å²) in [6.45, 7) is 0. The Balaban J connectivity index is 2.54. The Bertz CT molecular complexity index is 466. The van der Waals surface area contributed by atoms with E-state index in [0.717, 1.165) is 5.69 Å². The lowest BCUT2D eigenvalue weighted by atomic mass is 10.2. The number of aromatic nitrogens is 2. The molecule has 0 saturated carbocycles. The maximum atomic E-state index is 11.7. The number of rotatable bonds is 1. The van der Waals surface area contributed by atoms with Crippen LogP contribution in [0.2, 0.25) is 0 Å². The predicted octanol–water partition coefficient (Wildman–Crippen LogP) is -0.941. The molecule has 1 unspecified atom stereocenters. The van der Waals surface area contributed by atoms with Gasteiger partial charge in [0, 0.05) is 18.9 Å². The first-order chi connectivity index (χ1) is 7.15. The van der Waals surface area contributed by atoms with Crippen LogP contribution in [-0.2, 0) is 11.2 Å². The van der Waals surface area contributed by atoms with Crippen molar-refractivity contribution in [1.82, 2.24) is 14.9 Å². The SMILES string of the molecule is CNC(=O)C1CCc2cnc(N)c(=O)n21. The fraction of sp³-hybridized carbons (Fsp3) is 0.444. The molecule has 2 heterocycles. The number of carbonyl (C=O) groups is 1. The number of nitrogen functional groups attached to an aromatic ring is 1. The maximum absolute atomic E-state index is 11.7. The summed E-state index contributed by atoms with van der Waals surface area (Å²) in [5.74, 6) is -0.226. The van der Waals surface area contributed by atoms with Gasteiger partial charge in [-0.3, -0.25) is 14.2 Å². The van der Waals surface area contributed by atoms with Gasteiger partial charge in [0.2, 0.25) is 5.91 Å². The second kappa shape index (κ2) is 3.38. The van der Waals surface area contributed by atoms with Crippen LogP contribution >= 0.6 is 0 Å². The van der Waals surface area contributed by atoms with Crippen molar-refractivity contribution < 1.29 is 4.79 Å². The molecule has 0 bridgehead atoms. The van der Waals surface area contributed by atoms with Gasteiger partial charge in [-0.05, 0) is 12.8 Å².